The quantitative estimate of drug-likeness (QED) is 0.843. The van der Waals surface area contributed by atoms with E-state index in [1.165, 1.54) is 11.1 Å². The van der Waals surface area contributed by atoms with Crippen LogP contribution in [0.2, 0.25) is 5.02 Å². The Kier molecular flexibility index (Phi) is 4.79. The van der Waals surface area contributed by atoms with Crippen molar-refractivity contribution in [3.63, 3.8) is 0 Å². The van der Waals surface area contributed by atoms with E-state index in [1.807, 2.05) is 12.1 Å². The van der Waals surface area contributed by atoms with Crippen LogP contribution in [-0.2, 0) is 13.1 Å². The Morgan fingerprint density at radius 3 is 2.60 bits per heavy atom. The molecule has 0 heterocycles. The molecule has 0 saturated heterocycles. The monoisotopic (exact) mass is 284 g/mol. The van der Waals surface area contributed by atoms with Gasteiger partial charge in [-0.1, -0.05) is 47.5 Å². The van der Waals surface area contributed by atoms with Gasteiger partial charge in [0, 0.05) is 18.1 Å². The zero-order chi connectivity index (χ0) is 14.5. The fraction of sp³-hybridized carbons (Fsp3) is 0.235. The van der Waals surface area contributed by atoms with E-state index in [0.717, 1.165) is 18.7 Å². The maximum atomic E-state index is 8.84. The molecule has 2 aromatic carbocycles. The molecule has 20 heavy (non-hydrogen) atoms. The predicted octanol–water partition coefficient (Wildman–Crippen LogP) is 4.15. The van der Waals surface area contributed by atoms with Crippen LogP contribution in [0, 0.1) is 18.3 Å². The summed E-state index contributed by atoms with van der Waals surface area (Å²) in [5.41, 5.74) is 4.20. The summed E-state index contributed by atoms with van der Waals surface area (Å²) in [5.74, 6) is 0. The van der Waals surface area contributed by atoms with Gasteiger partial charge in [-0.3, -0.25) is 4.90 Å². The molecule has 2 nitrogen and oxygen atoms in total. The van der Waals surface area contributed by atoms with Crippen LogP contribution in [0.25, 0.3) is 0 Å². The first-order valence-electron chi connectivity index (χ1n) is 6.51. The fourth-order valence-corrected chi connectivity index (χ4v) is 2.45. The van der Waals surface area contributed by atoms with E-state index in [1.54, 1.807) is 6.07 Å². The molecular formula is C17H17ClN2. The lowest BCUT2D eigenvalue weighted by Crippen LogP contribution is -2.17. The van der Waals surface area contributed by atoms with E-state index in [9.17, 15) is 0 Å². The topological polar surface area (TPSA) is 27.0 Å². The molecule has 0 aliphatic rings. The number of halogens is 1. The molecule has 0 spiro atoms. The maximum absolute atomic E-state index is 8.84. The molecule has 0 saturated carbocycles. The number of aryl methyl sites for hydroxylation is 1. The van der Waals surface area contributed by atoms with Crippen molar-refractivity contribution in [1.29, 1.82) is 5.26 Å². The largest absolute Gasteiger partial charge is 0.298 e. The van der Waals surface area contributed by atoms with Gasteiger partial charge in [-0.05, 0) is 37.2 Å². The average molecular weight is 285 g/mol. The van der Waals surface area contributed by atoms with Crippen molar-refractivity contribution < 1.29 is 0 Å². The van der Waals surface area contributed by atoms with Gasteiger partial charge in [0.05, 0.1) is 11.6 Å². The summed E-state index contributed by atoms with van der Waals surface area (Å²) in [6.45, 7) is 3.73. The Morgan fingerprint density at radius 1 is 1.15 bits per heavy atom. The maximum Gasteiger partial charge on any atom is 0.0992 e. The Morgan fingerprint density at radius 2 is 1.95 bits per heavy atom. The van der Waals surface area contributed by atoms with Crippen molar-refractivity contribution in [2.75, 3.05) is 7.05 Å². The summed E-state index contributed by atoms with van der Waals surface area (Å²) in [5, 5.41) is 9.49. The molecule has 0 bridgehead atoms. The summed E-state index contributed by atoms with van der Waals surface area (Å²) in [6.07, 6.45) is 0. The molecule has 0 atom stereocenters. The van der Waals surface area contributed by atoms with Gasteiger partial charge in [-0.2, -0.15) is 5.26 Å². The second-order valence-corrected chi connectivity index (χ2v) is 5.49. The molecule has 0 aliphatic carbocycles. The minimum Gasteiger partial charge on any atom is -0.298 e. The predicted molar refractivity (Wildman–Crippen MR) is 82.5 cm³/mol. The first-order valence-corrected chi connectivity index (χ1v) is 6.89. The molecule has 3 heteroatoms. The van der Waals surface area contributed by atoms with Crippen LogP contribution in [0.5, 0.6) is 0 Å². The highest BCUT2D eigenvalue weighted by Gasteiger charge is 2.06. The van der Waals surface area contributed by atoms with Crippen molar-refractivity contribution in [2.24, 2.45) is 0 Å². The molecule has 2 rings (SSSR count). The van der Waals surface area contributed by atoms with Crippen molar-refractivity contribution in [3.05, 3.63) is 69.7 Å². The number of nitriles is 1. The standard InChI is InChI=1S/C17H17ClN2/c1-13-4-3-5-15(8-13)11-20(2)12-16-7-6-14(10-19)9-17(16)18/h3-9H,11-12H2,1-2H3. The molecule has 102 valence electrons. The SMILES string of the molecule is Cc1cccc(CN(C)Cc2ccc(C#N)cc2Cl)c1. The average Bonchev–Trinajstić information content (AvgIpc) is 2.41. The van der Waals surface area contributed by atoms with Gasteiger partial charge in [0.25, 0.3) is 0 Å². The van der Waals surface area contributed by atoms with Crippen molar-refractivity contribution in [3.8, 4) is 6.07 Å². The molecule has 0 N–H and O–H groups in total. The summed E-state index contributed by atoms with van der Waals surface area (Å²) < 4.78 is 0. The van der Waals surface area contributed by atoms with Crippen LogP contribution in [0.3, 0.4) is 0 Å². The zero-order valence-electron chi connectivity index (χ0n) is 11.7. The van der Waals surface area contributed by atoms with Crippen molar-refractivity contribution in [2.45, 2.75) is 20.0 Å². The Bertz CT molecular complexity index is 644. The Hall–Kier alpha value is -1.82. The van der Waals surface area contributed by atoms with Crippen LogP contribution in [0.4, 0.5) is 0 Å². The van der Waals surface area contributed by atoms with Crippen LogP contribution >= 0.6 is 11.6 Å². The smallest absolute Gasteiger partial charge is 0.0992 e. The summed E-state index contributed by atoms with van der Waals surface area (Å²) in [4.78, 5) is 2.21. The first-order chi connectivity index (χ1) is 9.58. The zero-order valence-corrected chi connectivity index (χ0v) is 12.5. The van der Waals surface area contributed by atoms with E-state index in [4.69, 9.17) is 16.9 Å². The molecule has 0 aromatic heterocycles. The van der Waals surface area contributed by atoms with Crippen LogP contribution in [0.15, 0.2) is 42.5 Å². The van der Waals surface area contributed by atoms with E-state index in [0.29, 0.717) is 10.6 Å². The lowest BCUT2D eigenvalue weighted by Gasteiger charge is -2.18. The molecule has 0 aliphatic heterocycles. The van der Waals surface area contributed by atoms with Gasteiger partial charge in [0.15, 0.2) is 0 Å². The van der Waals surface area contributed by atoms with Crippen molar-refractivity contribution >= 4 is 11.6 Å². The van der Waals surface area contributed by atoms with Gasteiger partial charge in [0.1, 0.15) is 0 Å². The van der Waals surface area contributed by atoms with E-state index < -0.39 is 0 Å². The van der Waals surface area contributed by atoms with Crippen molar-refractivity contribution in [1.82, 2.24) is 4.90 Å². The lowest BCUT2D eigenvalue weighted by molar-refractivity contribution is 0.319. The van der Waals surface area contributed by atoms with E-state index >= 15 is 0 Å². The van der Waals surface area contributed by atoms with Gasteiger partial charge in [-0.25, -0.2) is 0 Å². The molecule has 0 amide bonds. The normalized spacial score (nSPS) is 10.6. The van der Waals surface area contributed by atoms with Crippen LogP contribution < -0.4 is 0 Å². The molecular weight excluding hydrogens is 268 g/mol. The van der Waals surface area contributed by atoms with Gasteiger partial charge in [-0.15, -0.1) is 0 Å². The van der Waals surface area contributed by atoms with Crippen LogP contribution in [-0.4, -0.2) is 11.9 Å². The number of benzene rings is 2. The van der Waals surface area contributed by atoms with Gasteiger partial charge >= 0.3 is 0 Å². The Labute approximate surface area is 125 Å². The van der Waals surface area contributed by atoms with Gasteiger partial charge in [0.2, 0.25) is 0 Å². The van der Waals surface area contributed by atoms with E-state index in [-0.39, 0.29) is 0 Å². The van der Waals surface area contributed by atoms with E-state index in [2.05, 4.69) is 49.2 Å². The number of hydrogen-bond donors (Lipinski definition) is 0. The molecule has 2 aromatic rings. The third-order valence-corrected chi connectivity index (χ3v) is 3.51. The Balaban J connectivity index is 2.05. The molecule has 0 unspecified atom stereocenters. The second-order valence-electron chi connectivity index (χ2n) is 5.08. The number of rotatable bonds is 4. The summed E-state index contributed by atoms with van der Waals surface area (Å²) in [7, 11) is 2.07. The lowest BCUT2D eigenvalue weighted by atomic mass is 10.1. The first kappa shape index (κ1) is 14.6. The van der Waals surface area contributed by atoms with Gasteiger partial charge < -0.3 is 0 Å². The highest BCUT2D eigenvalue weighted by Crippen LogP contribution is 2.19. The number of nitrogens with zero attached hydrogens (tertiary/aromatic N) is 2. The van der Waals surface area contributed by atoms with Crippen LogP contribution in [0.1, 0.15) is 22.3 Å². The third kappa shape index (κ3) is 3.84. The highest BCUT2D eigenvalue weighted by atomic mass is 35.5. The minimum atomic E-state index is 0.597. The summed E-state index contributed by atoms with van der Waals surface area (Å²) >= 11 is 6.20. The second kappa shape index (κ2) is 6.56. The highest BCUT2D eigenvalue weighted by molar-refractivity contribution is 6.31. The minimum absolute atomic E-state index is 0.597. The molecule has 0 radical (unpaired) electrons. The fourth-order valence-electron chi connectivity index (χ4n) is 2.21. The number of hydrogen-bond acceptors (Lipinski definition) is 2. The third-order valence-electron chi connectivity index (χ3n) is 3.16. The summed E-state index contributed by atoms with van der Waals surface area (Å²) in [6, 6.07) is 16.0. The molecule has 0 fully saturated rings.